The molecule has 4 heterocycles. The van der Waals surface area contributed by atoms with Gasteiger partial charge in [-0.05, 0) is 31.9 Å². The van der Waals surface area contributed by atoms with Crippen molar-refractivity contribution in [2.45, 2.75) is 44.9 Å². The van der Waals surface area contributed by atoms with E-state index < -0.39 is 10.2 Å². The van der Waals surface area contributed by atoms with E-state index in [0.717, 1.165) is 32.5 Å². The number of ether oxygens (including phenoxy) is 1. The summed E-state index contributed by atoms with van der Waals surface area (Å²) in [6, 6.07) is 4.40. The van der Waals surface area contributed by atoms with Crippen LogP contribution in [0.5, 0.6) is 0 Å². The summed E-state index contributed by atoms with van der Waals surface area (Å²) in [4.78, 5) is 5.24. The largest absolute Gasteiger partial charge is 0.370 e. The molecule has 1 spiro atoms. The molecule has 0 saturated carbocycles. The van der Waals surface area contributed by atoms with Crippen LogP contribution in [0.2, 0.25) is 0 Å². The van der Waals surface area contributed by atoms with Crippen LogP contribution in [0.15, 0.2) is 12.1 Å². The Balaban J connectivity index is 1.43. The van der Waals surface area contributed by atoms with Gasteiger partial charge < -0.3 is 4.74 Å². The molecular weight excluding hydrogens is 370 g/mol. The van der Waals surface area contributed by atoms with E-state index in [-0.39, 0.29) is 17.6 Å². The number of fused-ring (bicyclic) bond motifs is 1. The van der Waals surface area contributed by atoms with Gasteiger partial charge in [-0.15, -0.1) is 11.3 Å². The zero-order valence-electron chi connectivity index (χ0n) is 15.8. The van der Waals surface area contributed by atoms with Crippen molar-refractivity contribution in [3.05, 3.63) is 21.9 Å². The minimum absolute atomic E-state index is 0.0518. The predicted molar refractivity (Wildman–Crippen MR) is 103 cm³/mol. The Morgan fingerprint density at radius 2 is 2.27 bits per heavy atom. The summed E-state index contributed by atoms with van der Waals surface area (Å²) in [6.45, 7) is 7.90. The summed E-state index contributed by atoms with van der Waals surface area (Å²) in [5, 5.41) is 0. The second-order valence-electron chi connectivity index (χ2n) is 7.98. The Kier molecular flexibility index (Phi) is 4.95. The van der Waals surface area contributed by atoms with Gasteiger partial charge in [0, 0.05) is 61.4 Å². The van der Waals surface area contributed by atoms with Gasteiger partial charge in [-0.25, -0.2) is 4.72 Å². The Morgan fingerprint density at radius 1 is 1.46 bits per heavy atom. The lowest BCUT2D eigenvalue weighted by atomic mass is 9.74. The van der Waals surface area contributed by atoms with Crippen molar-refractivity contribution >= 4 is 21.5 Å². The number of rotatable bonds is 7. The van der Waals surface area contributed by atoms with Gasteiger partial charge in [0.2, 0.25) is 0 Å². The molecule has 1 aromatic heterocycles. The van der Waals surface area contributed by atoms with Crippen LogP contribution >= 0.6 is 11.3 Å². The Labute approximate surface area is 160 Å². The standard InChI is InChI=1S/C18H29N3O3S2/c1-4-20(3)26(22,23)19-9-15-16-11-21(10-14-6-5-13(2)25-14)12-18(16)8-7-17(15)24-18/h5-6,15-17,19H,4,7-12H2,1-3H3/t15-,16+,17+,18+/m0/s1. The summed E-state index contributed by atoms with van der Waals surface area (Å²) in [5.74, 6) is 0.704. The van der Waals surface area contributed by atoms with E-state index in [1.165, 1.54) is 14.1 Å². The lowest BCUT2D eigenvalue weighted by Gasteiger charge is -2.30. The van der Waals surface area contributed by atoms with E-state index in [0.29, 0.717) is 19.0 Å². The maximum Gasteiger partial charge on any atom is 0.279 e. The van der Waals surface area contributed by atoms with Gasteiger partial charge in [-0.2, -0.15) is 12.7 Å². The van der Waals surface area contributed by atoms with Gasteiger partial charge >= 0.3 is 0 Å². The zero-order chi connectivity index (χ0) is 18.5. The second kappa shape index (κ2) is 6.83. The van der Waals surface area contributed by atoms with Gasteiger partial charge in [0.15, 0.2) is 0 Å². The molecule has 0 amide bonds. The fourth-order valence-electron chi connectivity index (χ4n) is 4.95. The number of likely N-dealkylation sites (tertiary alicyclic amines) is 1. The minimum atomic E-state index is -3.39. The van der Waals surface area contributed by atoms with Gasteiger partial charge in [-0.1, -0.05) is 6.92 Å². The molecule has 6 nitrogen and oxygen atoms in total. The highest BCUT2D eigenvalue weighted by Crippen LogP contribution is 2.54. The lowest BCUT2D eigenvalue weighted by Crippen LogP contribution is -2.45. The van der Waals surface area contributed by atoms with E-state index in [4.69, 9.17) is 4.74 Å². The number of nitrogens with one attached hydrogen (secondary N) is 1. The SMILES string of the molecule is CCN(C)S(=O)(=O)NC[C@H]1[C@H]2CN(Cc3ccc(C)s3)C[C@]23CC[C@H]1O3. The molecule has 2 bridgehead atoms. The number of nitrogens with zero attached hydrogens (tertiary/aromatic N) is 2. The summed E-state index contributed by atoms with van der Waals surface area (Å²) in [7, 11) is -1.78. The topological polar surface area (TPSA) is 61.9 Å². The number of thiophene rings is 1. The molecular formula is C18H29N3O3S2. The Hall–Kier alpha value is -0.510. The molecule has 1 aromatic rings. The van der Waals surface area contributed by atoms with Crippen molar-refractivity contribution in [3.8, 4) is 0 Å². The quantitative estimate of drug-likeness (QED) is 0.760. The molecule has 0 unspecified atom stereocenters. The summed E-state index contributed by atoms with van der Waals surface area (Å²) >= 11 is 1.86. The highest BCUT2D eigenvalue weighted by molar-refractivity contribution is 7.87. The van der Waals surface area contributed by atoms with Crippen molar-refractivity contribution in [2.75, 3.05) is 33.2 Å². The van der Waals surface area contributed by atoms with Gasteiger partial charge in [0.25, 0.3) is 10.2 Å². The van der Waals surface area contributed by atoms with Crippen LogP contribution in [-0.4, -0.2) is 62.6 Å². The third-order valence-electron chi connectivity index (χ3n) is 6.39. The predicted octanol–water partition coefficient (Wildman–Crippen LogP) is 1.82. The van der Waals surface area contributed by atoms with Crippen molar-refractivity contribution in [1.29, 1.82) is 0 Å². The maximum absolute atomic E-state index is 12.3. The molecule has 4 atom stereocenters. The van der Waals surface area contributed by atoms with Crippen LogP contribution in [0.3, 0.4) is 0 Å². The molecule has 4 rings (SSSR count). The molecule has 146 valence electrons. The Bertz CT molecular complexity index is 765. The van der Waals surface area contributed by atoms with Crippen molar-refractivity contribution < 1.29 is 13.2 Å². The zero-order valence-corrected chi connectivity index (χ0v) is 17.4. The molecule has 26 heavy (non-hydrogen) atoms. The van der Waals surface area contributed by atoms with Crippen LogP contribution < -0.4 is 4.72 Å². The van der Waals surface area contributed by atoms with Crippen LogP contribution in [0.25, 0.3) is 0 Å². The Morgan fingerprint density at radius 3 is 2.96 bits per heavy atom. The third kappa shape index (κ3) is 3.25. The molecule has 3 fully saturated rings. The monoisotopic (exact) mass is 399 g/mol. The van der Waals surface area contributed by atoms with E-state index >= 15 is 0 Å². The second-order valence-corrected chi connectivity index (χ2v) is 11.2. The van der Waals surface area contributed by atoms with Gasteiger partial charge in [-0.3, -0.25) is 4.90 Å². The molecule has 8 heteroatoms. The fraction of sp³-hybridized carbons (Fsp3) is 0.778. The highest BCUT2D eigenvalue weighted by Gasteiger charge is 2.62. The average Bonchev–Trinajstić information content (AvgIpc) is 3.33. The summed E-state index contributed by atoms with van der Waals surface area (Å²) in [6.07, 6.45) is 2.37. The van der Waals surface area contributed by atoms with Crippen LogP contribution in [-0.2, 0) is 21.5 Å². The van der Waals surface area contributed by atoms with Crippen molar-refractivity contribution in [2.24, 2.45) is 11.8 Å². The fourth-order valence-corrected chi connectivity index (χ4v) is 6.85. The summed E-state index contributed by atoms with van der Waals surface area (Å²) < 4.78 is 35.2. The number of aryl methyl sites for hydroxylation is 1. The first kappa shape index (κ1) is 18.8. The first-order valence-electron chi connectivity index (χ1n) is 9.49. The minimum Gasteiger partial charge on any atom is -0.370 e. The molecule has 0 radical (unpaired) electrons. The molecule has 3 aliphatic heterocycles. The maximum atomic E-state index is 12.3. The van der Waals surface area contributed by atoms with E-state index in [2.05, 4.69) is 28.7 Å². The normalized spacial score (nSPS) is 34.1. The molecule has 0 aromatic carbocycles. The van der Waals surface area contributed by atoms with Gasteiger partial charge in [0.05, 0.1) is 11.7 Å². The van der Waals surface area contributed by atoms with Crippen LogP contribution in [0, 0.1) is 18.8 Å². The first-order valence-corrected chi connectivity index (χ1v) is 11.7. The number of hydrogen-bond acceptors (Lipinski definition) is 5. The molecule has 3 saturated heterocycles. The average molecular weight is 400 g/mol. The van der Waals surface area contributed by atoms with Crippen molar-refractivity contribution in [1.82, 2.24) is 13.9 Å². The molecule has 3 aliphatic rings. The van der Waals surface area contributed by atoms with Crippen LogP contribution in [0.1, 0.15) is 29.5 Å². The molecule has 1 N–H and O–H groups in total. The lowest BCUT2D eigenvalue weighted by molar-refractivity contribution is 0.00226. The number of hydrogen-bond donors (Lipinski definition) is 1. The highest BCUT2D eigenvalue weighted by atomic mass is 32.2. The van der Waals surface area contributed by atoms with Crippen LogP contribution in [0.4, 0.5) is 0 Å². The van der Waals surface area contributed by atoms with E-state index in [9.17, 15) is 8.42 Å². The first-order chi connectivity index (χ1) is 12.3. The van der Waals surface area contributed by atoms with Crippen molar-refractivity contribution in [3.63, 3.8) is 0 Å². The molecule has 0 aliphatic carbocycles. The smallest absolute Gasteiger partial charge is 0.279 e. The van der Waals surface area contributed by atoms with E-state index in [1.807, 2.05) is 18.3 Å². The third-order valence-corrected chi connectivity index (χ3v) is 8.98. The van der Waals surface area contributed by atoms with E-state index in [1.54, 1.807) is 7.05 Å². The van der Waals surface area contributed by atoms with Gasteiger partial charge in [0.1, 0.15) is 0 Å². The summed E-state index contributed by atoms with van der Waals surface area (Å²) in [5.41, 5.74) is -0.0518.